The first-order valence-corrected chi connectivity index (χ1v) is 14.3. The molecule has 1 N–H and O–H groups in total. The van der Waals surface area contributed by atoms with Crippen molar-refractivity contribution < 1.29 is 0 Å². The van der Waals surface area contributed by atoms with Crippen molar-refractivity contribution in [3.63, 3.8) is 0 Å². The van der Waals surface area contributed by atoms with Crippen LogP contribution in [0.3, 0.4) is 0 Å². The molecule has 0 aliphatic carbocycles. The number of pyridine rings is 1. The zero-order valence-electron chi connectivity index (χ0n) is 22.9. The highest BCUT2D eigenvalue weighted by molar-refractivity contribution is 5.89. The Morgan fingerprint density at radius 2 is 1.63 bits per heavy atom. The van der Waals surface area contributed by atoms with E-state index in [-0.39, 0.29) is 0 Å². The highest BCUT2D eigenvalue weighted by Crippen LogP contribution is 2.37. The quantitative estimate of drug-likeness (QED) is 0.221. The van der Waals surface area contributed by atoms with Gasteiger partial charge >= 0.3 is 0 Å². The molecule has 4 heterocycles. The lowest BCUT2D eigenvalue weighted by Gasteiger charge is -2.14. The predicted molar refractivity (Wildman–Crippen MR) is 165 cm³/mol. The van der Waals surface area contributed by atoms with Crippen LogP contribution in [-0.4, -0.2) is 43.9 Å². The number of imidazole rings is 1. The van der Waals surface area contributed by atoms with Gasteiger partial charge < -0.3 is 10.2 Å². The van der Waals surface area contributed by atoms with Crippen molar-refractivity contribution in [2.24, 2.45) is 0 Å². The van der Waals surface area contributed by atoms with E-state index >= 15 is 0 Å². The molecule has 0 spiro atoms. The van der Waals surface area contributed by atoms with E-state index in [1.807, 2.05) is 60.8 Å². The lowest BCUT2D eigenvalue weighted by Crippen LogP contribution is -2.21. The molecular weight excluding hydrogens is 504 g/mol. The molecule has 1 aliphatic heterocycles. The Kier molecular flexibility index (Phi) is 6.97. The molecule has 41 heavy (non-hydrogen) atoms. The summed E-state index contributed by atoms with van der Waals surface area (Å²) < 4.78 is 2.10. The fourth-order valence-corrected chi connectivity index (χ4v) is 5.63. The maximum absolute atomic E-state index is 5.07. The van der Waals surface area contributed by atoms with Crippen molar-refractivity contribution >= 4 is 17.3 Å². The van der Waals surface area contributed by atoms with Gasteiger partial charge in [-0.3, -0.25) is 4.40 Å². The van der Waals surface area contributed by atoms with Gasteiger partial charge in [0.1, 0.15) is 5.65 Å². The summed E-state index contributed by atoms with van der Waals surface area (Å²) in [6, 6.07) is 36.5. The van der Waals surface area contributed by atoms with Crippen LogP contribution in [0.15, 0.2) is 109 Å². The average molecular weight is 536 g/mol. The second kappa shape index (κ2) is 11.4. The molecule has 3 aromatic heterocycles. The highest BCUT2D eigenvalue weighted by Gasteiger charge is 2.20. The predicted octanol–water partition coefficient (Wildman–Crippen LogP) is 7.31. The number of nitrogens with one attached hydrogen (secondary N) is 1. The van der Waals surface area contributed by atoms with Crippen LogP contribution in [-0.2, 0) is 6.42 Å². The van der Waals surface area contributed by atoms with Gasteiger partial charge in [-0.05, 0) is 85.4 Å². The number of fused-ring (bicyclic) bond motifs is 1. The Morgan fingerprint density at radius 1 is 0.805 bits per heavy atom. The van der Waals surface area contributed by atoms with Crippen molar-refractivity contribution in [2.75, 3.05) is 25.0 Å². The Hall–Kier alpha value is -4.81. The van der Waals surface area contributed by atoms with E-state index in [2.05, 4.69) is 68.1 Å². The summed E-state index contributed by atoms with van der Waals surface area (Å²) in [5.74, 6) is 0.548. The third-order valence-corrected chi connectivity index (χ3v) is 7.73. The van der Waals surface area contributed by atoms with Gasteiger partial charge in [0.15, 0.2) is 0 Å². The molecule has 1 saturated heterocycles. The Labute approximate surface area is 240 Å². The number of likely N-dealkylation sites (tertiary alicyclic amines) is 1. The first-order chi connectivity index (χ1) is 20.3. The minimum absolute atomic E-state index is 0.548. The fraction of sp³-hybridized carbons (Fsp3) is 0.171. The SMILES string of the molecule is [c]1cccc(-c2nc3ccccn3c2-c2ccnc(Nc3ccc(CCN4CCCC4)cc3)n2)c1-c1ccccc1. The molecule has 201 valence electrons. The third-order valence-electron chi connectivity index (χ3n) is 7.73. The molecule has 0 unspecified atom stereocenters. The van der Waals surface area contributed by atoms with Crippen molar-refractivity contribution in [1.82, 2.24) is 24.3 Å². The lowest BCUT2D eigenvalue weighted by molar-refractivity contribution is 0.343. The van der Waals surface area contributed by atoms with Crippen LogP contribution in [0, 0.1) is 6.07 Å². The van der Waals surface area contributed by atoms with Crippen molar-refractivity contribution in [3.8, 4) is 33.8 Å². The van der Waals surface area contributed by atoms with Gasteiger partial charge in [0.2, 0.25) is 5.95 Å². The smallest absolute Gasteiger partial charge is 0.227 e. The van der Waals surface area contributed by atoms with Crippen LogP contribution in [0.1, 0.15) is 18.4 Å². The first-order valence-electron chi connectivity index (χ1n) is 14.3. The van der Waals surface area contributed by atoms with E-state index in [9.17, 15) is 0 Å². The summed E-state index contributed by atoms with van der Waals surface area (Å²) in [7, 11) is 0. The zero-order valence-corrected chi connectivity index (χ0v) is 22.9. The molecule has 1 aliphatic rings. The molecular formula is C35H31N6. The van der Waals surface area contributed by atoms with Crippen molar-refractivity contribution in [2.45, 2.75) is 19.3 Å². The van der Waals surface area contributed by atoms with E-state index < -0.39 is 0 Å². The summed E-state index contributed by atoms with van der Waals surface area (Å²) in [5, 5.41) is 3.41. The van der Waals surface area contributed by atoms with Crippen LogP contribution >= 0.6 is 0 Å². The second-order valence-electron chi connectivity index (χ2n) is 10.4. The molecule has 0 saturated carbocycles. The standard InChI is InChI=1S/C35H31N6/c1-2-10-27(11-3-1)29-12-4-5-13-30(29)33-34(41-24-7-6-14-32(41)39-33)31-19-21-36-35(38-31)37-28-17-15-26(16-18-28)20-25-40-22-8-9-23-40/h1-7,10-11,13-19,21,24H,8-9,20,22-23,25H2,(H,36,37,38). The third kappa shape index (κ3) is 5.34. The lowest BCUT2D eigenvalue weighted by atomic mass is 9.96. The molecule has 6 aromatic rings. The number of hydrogen-bond donors (Lipinski definition) is 1. The van der Waals surface area contributed by atoms with Crippen LogP contribution in [0.5, 0.6) is 0 Å². The molecule has 1 radical (unpaired) electrons. The van der Waals surface area contributed by atoms with Crippen molar-refractivity contribution in [3.05, 3.63) is 121 Å². The number of nitrogens with zero attached hydrogens (tertiary/aromatic N) is 5. The van der Waals surface area contributed by atoms with Gasteiger partial charge in [-0.2, -0.15) is 0 Å². The molecule has 3 aromatic carbocycles. The summed E-state index contributed by atoms with van der Waals surface area (Å²) in [6.07, 6.45) is 7.57. The summed E-state index contributed by atoms with van der Waals surface area (Å²) >= 11 is 0. The number of hydrogen-bond acceptors (Lipinski definition) is 5. The van der Waals surface area contributed by atoms with E-state index in [4.69, 9.17) is 9.97 Å². The first kappa shape index (κ1) is 25.2. The molecule has 7 rings (SSSR count). The number of rotatable bonds is 8. The van der Waals surface area contributed by atoms with Crippen LogP contribution in [0.2, 0.25) is 0 Å². The van der Waals surface area contributed by atoms with E-state index in [0.29, 0.717) is 5.95 Å². The number of anilines is 2. The molecule has 6 heteroatoms. The maximum atomic E-state index is 5.07. The molecule has 0 atom stereocenters. The molecule has 6 nitrogen and oxygen atoms in total. The van der Waals surface area contributed by atoms with Crippen molar-refractivity contribution in [1.29, 1.82) is 0 Å². The van der Waals surface area contributed by atoms with Gasteiger partial charge in [-0.1, -0.05) is 66.7 Å². The van der Waals surface area contributed by atoms with Crippen LogP contribution in [0.4, 0.5) is 11.6 Å². The summed E-state index contributed by atoms with van der Waals surface area (Å²) in [4.78, 5) is 17.1. The monoisotopic (exact) mass is 535 g/mol. The van der Waals surface area contributed by atoms with Gasteiger partial charge in [0, 0.05) is 30.2 Å². The van der Waals surface area contributed by atoms with E-state index in [0.717, 1.165) is 58.1 Å². The van der Waals surface area contributed by atoms with Crippen LogP contribution in [0.25, 0.3) is 39.4 Å². The van der Waals surface area contributed by atoms with Gasteiger partial charge in [-0.25, -0.2) is 15.0 Å². The molecule has 0 bridgehead atoms. The summed E-state index contributed by atoms with van der Waals surface area (Å²) in [6.45, 7) is 3.60. The largest absolute Gasteiger partial charge is 0.324 e. The van der Waals surface area contributed by atoms with Gasteiger partial charge in [-0.15, -0.1) is 0 Å². The maximum Gasteiger partial charge on any atom is 0.227 e. The topological polar surface area (TPSA) is 58.4 Å². The summed E-state index contributed by atoms with van der Waals surface area (Å²) in [5.41, 5.74) is 8.86. The minimum Gasteiger partial charge on any atom is -0.324 e. The number of aromatic nitrogens is 4. The van der Waals surface area contributed by atoms with E-state index in [1.54, 1.807) is 6.20 Å². The molecule has 1 fully saturated rings. The normalized spacial score (nSPS) is 13.6. The van der Waals surface area contributed by atoms with Crippen LogP contribution < -0.4 is 5.32 Å². The number of benzene rings is 3. The highest BCUT2D eigenvalue weighted by atomic mass is 15.1. The van der Waals surface area contributed by atoms with Gasteiger partial charge in [0.05, 0.1) is 17.1 Å². The zero-order chi connectivity index (χ0) is 27.4. The van der Waals surface area contributed by atoms with Gasteiger partial charge in [0.25, 0.3) is 0 Å². The van der Waals surface area contributed by atoms with E-state index in [1.165, 1.54) is 31.5 Å². The molecule has 0 amide bonds. The Balaban J connectivity index is 1.21. The second-order valence-corrected chi connectivity index (χ2v) is 10.4. The Morgan fingerprint density at radius 3 is 2.49 bits per heavy atom. The fourth-order valence-electron chi connectivity index (χ4n) is 5.63. The minimum atomic E-state index is 0.548. The Bertz CT molecular complexity index is 1770. The average Bonchev–Trinajstić information content (AvgIpc) is 3.70.